The number of nitro groups is 2. The smallest absolute Gasteiger partial charge is 0.312 e. The summed E-state index contributed by atoms with van der Waals surface area (Å²) >= 11 is 0. The van der Waals surface area contributed by atoms with E-state index in [-0.39, 0.29) is 24.6 Å². The molecule has 2 atom stereocenters. The van der Waals surface area contributed by atoms with Crippen molar-refractivity contribution in [2.24, 2.45) is 11.8 Å². The molecule has 10 heteroatoms. The summed E-state index contributed by atoms with van der Waals surface area (Å²) < 4.78 is 10.4. The van der Waals surface area contributed by atoms with Gasteiger partial charge in [-0.25, -0.2) is 0 Å². The number of rotatable bonds is 10. The molecule has 0 saturated heterocycles. The maximum absolute atomic E-state index is 12.1. The lowest BCUT2D eigenvalue weighted by Crippen LogP contribution is -2.15. The molecule has 0 aliphatic rings. The molecule has 10 nitrogen and oxygen atoms in total. The Balaban J connectivity index is 1.78. The van der Waals surface area contributed by atoms with Crippen LogP contribution in [0.5, 0.6) is 0 Å². The van der Waals surface area contributed by atoms with Gasteiger partial charge < -0.3 is 9.47 Å². The summed E-state index contributed by atoms with van der Waals surface area (Å²) in [6.45, 7) is 3.18. The van der Waals surface area contributed by atoms with E-state index in [0.29, 0.717) is 11.1 Å². The summed E-state index contributed by atoms with van der Waals surface area (Å²) in [5.41, 5.74) is 1.13. The highest BCUT2D eigenvalue weighted by atomic mass is 16.6. The maximum Gasteiger partial charge on any atom is 0.312 e. The Morgan fingerprint density at radius 2 is 1.06 bits per heavy atom. The third-order valence-corrected chi connectivity index (χ3v) is 4.49. The van der Waals surface area contributed by atoms with Crippen LogP contribution in [-0.2, 0) is 32.3 Å². The normalized spacial score (nSPS) is 12.7. The van der Waals surface area contributed by atoms with E-state index >= 15 is 0 Å². The van der Waals surface area contributed by atoms with E-state index in [4.69, 9.17) is 9.47 Å². The first-order chi connectivity index (χ1) is 15.2. The second-order valence-corrected chi connectivity index (χ2v) is 7.02. The van der Waals surface area contributed by atoms with Gasteiger partial charge in [0.05, 0.1) is 21.7 Å². The van der Waals surface area contributed by atoms with Crippen LogP contribution in [-0.4, -0.2) is 21.8 Å². The SMILES string of the molecule is C[C@H](/C=C/[C@H](C)C(=O)OCc1ccc([N+](=O)[O-])cc1)C(=O)OCc1ccc([N+](=O)[O-])cc1. The minimum atomic E-state index is -0.613. The van der Waals surface area contributed by atoms with Gasteiger partial charge in [-0.05, 0) is 49.2 Å². The number of benzene rings is 2. The number of esters is 2. The third-order valence-electron chi connectivity index (χ3n) is 4.49. The van der Waals surface area contributed by atoms with Crippen molar-refractivity contribution in [1.29, 1.82) is 0 Å². The summed E-state index contributed by atoms with van der Waals surface area (Å²) in [6.07, 6.45) is 3.08. The van der Waals surface area contributed by atoms with Crippen LogP contribution >= 0.6 is 0 Å². The highest BCUT2D eigenvalue weighted by Crippen LogP contribution is 2.15. The summed E-state index contributed by atoms with van der Waals surface area (Å²) in [6, 6.07) is 11.4. The van der Waals surface area contributed by atoms with E-state index in [0.717, 1.165) is 0 Å². The average molecular weight is 442 g/mol. The Kier molecular flexibility index (Phi) is 8.58. The molecule has 2 aromatic rings. The zero-order valence-electron chi connectivity index (χ0n) is 17.5. The number of carbonyl (C=O) groups is 2. The van der Waals surface area contributed by atoms with Gasteiger partial charge in [-0.3, -0.25) is 29.8 Å². The molecule has 2 rings (SSSR count). The zero-order valence-corrected chi connectivity index (χ0v) is 17.5. The van der Waals surface area contributed by atoms with E-state index in [1.54, 1.807) is 13.8 Å². The van der Waals surface area contributed by atoms with Gasteiger partial charge in [0.25, 0.3) is 11.4 Å². The van der Waals surface area contributed by atoms with Crippen molar-refractivity contribution in [1.82, 2.24) is 0 Å². The van der Waals surface area contributed by atoms with Gasteiger partial charge in [-0.2, -0.15) is 0 Å². The van der Waals surface area contributed by atoms with E-state index in [1.807, 2.05) is 0 Å². The Bertz CT molecular complexity index is 918. The van der Waals surface area contributed by atoms with Crippen molar-refractivity contribution in [3.8, 4) is 0 Å². The molecule has 0 fully saturated rings. The van der Waals surface area contributed by atoms with Crippen molar-refractivity contribution in [2.45, 2.75) is 27.1 Å². The quantitative estimate of drug-likeness (QED) is 0.232. The van der Waals surface area contributed by atoms with E-state index in [2.05, 4.69) is 0 Å². The van der Waals surface area contributed by atoms with Crippen LogP contribution < -0.4 is 0 Å². The van der Waals surface area contributed by atoms with Gasteiger partial charge in [0.1, 0.15) is 13.2 Å². The van der Waals surface area contributed by atoms with E-state index in [9.17, 15) is 29.8 Å². The molecule has 0 aliphatic carbocycles. The van der Waals surface area contributed by atoms with Crippen LogP contribution in [0.3, 0.4) is 0 Å². The van der Waals surface area contributed by atoms with Gasteiger partial charge in [-0.15, -0.1) is 0 Å². The Morgan fingerprint density at radius 1 is 0.750 bits per heavy atom. The largest absolute Gasteiger partial charge is 0.460 e. The number of nitrogens with zero attached hydrogens (tertiary/aromatic N) is 2. The van der Waals surface area contributed by atoms with Gasteiger partial charge in [-0.1, -0.05) is 12.2 Å². The molecule has 0 saturated carbocycles. The van der Waals surface area contributed by atoms with E-state index < -0.39 is 33.6 Å². The fraction of sp³-hybridized carbons (Fsp3) is 0.273. The Morgan fingerprint density at radius 3 is 1.34 bits per heavy atom. The lowest BCUT2D eigenvalue weighted by Gasteiger charge is -2.10. The molecule has 168 valence electrons. The Labute approximate surface area is 183 Å². The molecule has 0 amide bonds. The van der Waals surface area contributed by atoms with Gasteiger partial charge in [0.2, 0.25) is 0 Å². The van der Waals surface area contributed by atoms with Crippen LogP contribution in [0.15, 0.2) is 60.7 Å². The zero-order chi connectivity index (χ0) is 23.7. The number of nitro benzene ring substituents is 2. The van der Waals surface area contributed by atoms with Crippen LogP contribution in [0.2, 0.25) is 0 Å². The number of ether oxygens (including phenoxy) is 2. The molecule has 0 unspecified atom stereocenters. The lowest BCUT2D eigenvalue weighted by atomic mass is 10.1. The maximum atomic E-state index is 12.1. The molecular formula is C22H22N2O8. The first kappa shape index (κ1) is 24.2. The van der Waals surface area contributed by atoms with E-state index in [1.165, 1.54) is 60.7 Å². The van der Waals surface area contributed by atoms with Crippen molar-refractivity contribution in [2.75, 3.05) is 0 Å². The highest BCUT2D eigenvalue weighted by Gasteiger charge is 2.16. The molecule has 0 radical (unpaired) electrons. The highest BCUT2D eigenvalue weighted by molar-refractivity contribution is 5.76. The second kappa shape index (κ2) is 11.3. The lowest BCUT2D eigenvalue weighted by molar-refractivity contribution is -0.385. The number of non-ortho nitro benzene ring substituents is 2. The minimum Gasteiger partial charge on any atom is -0.460 e. The molecule has 0 aliphatic heterocycles. The van der Waals surface area contributed by atoms with Gasteiger partial charge in [0.15, 0.2) is 0 Å². The van der Waals surface area contributed by atoms with Crippen molar-refractivity contribution >= 4 is 23.3 Å². The first-order valence-corrected chi connectivity index (χ1v) is 9.65. The van der Waals surface area contributed by atoms with Gasteiger partial charge in [0, 0.05) is 24.3 Å². The number of hydrogen-bond acceptors (Lipinski definition) is 8. The van der Waals surface area contributed by atoms with Crippen LogP contribution in [0, 0.1) is 32.1 Å². The van der Waals surface area contributed by atoms with Crippen molar-refractivity contribution in [3.05, 3.63) is 92.0 Å². The molecule has 0 aromatic heterocycles. The molecule has 2 aromatic carbocycles. The van der Waals surface area contributed by atoms with Crippen LogP contribution in [0.1, 0.15) is 25.0 Å². The summed E-state index contributed by atoms with van der Waals surface area (Å²) in [7, 11) is 0. The number of hydrogen-bond donors (Lipinski definition) is 0. The van der Waals surface area contributed by atoms with Crippen LogP contribution in [0.25, 0.3) is 0 Å². The molecular weight excluding hydrogens is 420 g/mol. The molecule has 32 heavy (non-hydrogen) atoms. The summed E-state index contributed by atoms with van der Waals surface area (Å²) in [5, 5.41) is 21.3. The van der Waals surface area contributed by atoms with Crippen LogP contribution in [0.4, 0.5) is 11.4 Å². The number of carbonyl (C=O) groups excluding carboxylic acids is 2. The topological polar surface area (TPSA) is 139 Å². The fourth-order valence-electron chi connectivity index (χ4n) is 2.49. The van der Waals surface area contributed by atoms with Gasteiger partial charge >= 0.3 is 11.9 Å². The Hall–Kier alpha value is -4.08. The predicted molar refractivity (Wildman–Crippen MR) is 113 cm³/mol. The molecule has 0 bridgehead atoms. The molecule has 0 heterocycles. The van der Waals surface area contributed by atoms with Crippen molar-refractivity contribution in [3.63, 3.8) is 0 Å². The van der Waals surface area contributed by atoms with Crippen molar-refractivity contribution < 1.29 is 28.9 Å². The molecule has 0 spiro atoms. The fourth-order valence-corrected chi connectivity index (χ4v) is 2.49. The monoisotopic (exact) mass is 442 g/mol. The molecule has 0 N–H and O–H groups in total. The standard InChI is InChI=1S/C22H22N2O8/c1-15(21(25)31-13-17-5-9-19(10-6-17)23(27)28)3-4-16(2)22(26)32-14-18-7-11-20(12-8-18)24(29)30/h3-12,15-16H,13-14H2,1-2H3/b4-3+/t15-,16+. The summed E-state index contributed by atoms with van der Waals surface area (Å²) in [5.74, 6) is -2.24. The minimum absolute atomic E-state index is 0.0260. The summed E-state index contributed by atoms with van der Waals surface area (Å²) in [4.78, 5) is 44.5. The predicted octanol–water partition coefficient (Wildman–Crippen LogP) is 4.12. The third kappa shape index (κ3) is 7.31. The average Bonchev–Trinajstić information content (AvgIpc) is 2.79. The first-order valence-electron chi connectivity index (χ1n) is 9.65. The second-order valence-electron chi connectivity index (χ2n) is 7.02.